The van der Waals surface area contributed by atoms with Crippen LogP contribution in [-0.4, -0.2) is 12.5 Å². The highest BCUT2D eigenvalue weighted by molar-refractivity contribution is 6.04. The number of rotatable bonds is 5. The van der Waals surface area contributed by atoms with Crippen LogP contribution >= 0.6 is 0 Å². The maximum Gasteiger partial charge on any atom is 0.248 e. The number of ether oxygens (including phenoxy) is 1. The third-order valence-electron chi connectivity index (χ3n) is 3.68. The van der Waals surface area contributed by atoms with Crippen molar-refractivity contribution in [2.75, 3.05) is 11.9 Å². The highest BCUT2D eigenvalue weighted by Crippen LogP contribution is 2.24. The van der Waals surface area contributed by atoms with E-state index in [-0.39, 0.29) is 5.91 Å². The van der Waals surface area contributed by atoms with Gasteiger partial charge in [0.05, 0.1) is 12.3 Å². The van der Waals surface area contributed by atoms with Crippen LogP contribution in [-0.2, 0) is 4.79 Å². The summed E-state index contributed by atoms with van der Waals surface area (Å²) in [6.45, 7) is 2.47. The minimum Gasteiger partial charge on any atom is -0.492 e. The zero-order valence-corrected chi connectivity index (χ0v) is 13.5. The number of para-hydroxylation sites is 2. The Bertz CT molecular complexity index is 878. The average molecular weight is 317 g/mol. The molecule has 24 heavy (non-hydrogen) atoms. The van der Waals surface area contributed by atoms with Gasteiger partial charge in [-0.25, -0.2) is 0 Å². The summed E-state index contributed by atoms with van der Waals surface area (Å²) in [6.07, 6.45) is 3.38. The lowest BCUT2D eigenvalue weighted by molar-refractivity contribution is -0.111. The number of hydrogen-bond donors (Lipinski definition) is 1. The molecule has 3 nitrogen and oxygen atoms in total. The highest BCUT2D eigenvalue weighted by atomic mass is 16.5. The third-order valence-corrected chi connectivity index (χ3v) is 3.68. The number of carbonyl (C=O) groups excluding carboxylic acids is 1. The van der Waals surface area contributed by atoms with E-state index >= 15 is 0 Å². The Labute approximate surface area is 141 Å². The molecule has 0 saturated heterocycles. The number of hydrogen-bond acceptors (Lipinski definition) is 2. The number of amides is 1. The highest BCUT2D eigenvalue weighted by Gasteiger charge is 2.05. The first kappa shape index (κ1) is 15.8. The largest absolute Gasteiger partial charge is 0.492 e. The summed E-state index contributed by atoms with van der Waals surface area (Å²) >= 11 is 0. The summed E-state index contributed by atoms with van der Waals surface area (Å²) in [5.41, 5.74) is 1.69. The molecule has 0 radical (unpaired) electrons. The molecular weight excluding hydrogens is 298 g/mol. The van der Waals surface area contributed by atoms with Crippen LogP contribution in [0.2, 0.25) is 0 Å². The fraction of sp³-hybridized carbons (Fsp3) is 0.0952. The van der Waals surface area contributed by atoms with Gasteiger partial charge in [0.1, 0.15) is 5.75 Å². The molecule has 0 saturated carbocycles. The normalized spacial score (nSPS) is 10.9. The lowest BCUT2D eigenvalue weighted by Gasteiger charge is -2.09. The fourth-order valence-electron chi connectivity index (χ4n) is 2.59. The molecule has 3 rings (SSSR count). The smallest absolute Gasteiger partial charge is 0.248 e. The molecule has 3 aromatic carbocycles. The second-order valence-corrected chi connectivity index (χ2v) is 5.32. The second kappa shape index (κ2) is 7.47. The van der Waals surface area contributed by atoms with Crippen molar-refractivity contribution in [2.24, 2.45) is 0 Å². The maximum absolute atomic E-state index is 12.2. The van der Waals surface area contributed by atoms with Gasteiger partial charge in [-0.15, -0.1) is 0 Å². The minimum atomic E-state index is -0.185. The lowest BCUT2D eigenvalue weighted by atomic mass is 10.0. The van der Waals surface area contributed by atoms with E-state index in [4.69, 9.17) is 4.74 Å². The Morgan fingerprint density at radius 1 is 1.00 bits per heavy atom. The SMILES string of the molecule is CCOc1ccccc1NC(=O)/C=C/c1cccc2ccccc12. The standard InChI is InChI=1S/C21H19NO2/c1-2-24-20-13-6-5-12-19(20)22-21(23)15-14-17-10-7-9-16-8-3-4-11-18(16)17/h3-15H,2H2,1H3,(H,22,23)/b15-14+. The molecule has 0 aliphatic rings. The fourth-order valence-corrected chi connectivity index (χ4v) is 2.59. The van der Waals surface area contributed by atoms with Crippen LogP contribution in [0.3, 0.4) is 0 Å². The summed E-state index contributed by atoms with van der Waals surface area (Å²) in [4.78, 5) is 12.2. The quantitative estimate of drug-likeness (QED) is 0.680. The molecular formula is C21H19NO2. The van der Waals surface area contributed by atoms with Crippen LogP contribution in [0.1, 0.15) is 12.5 Å². The van der Waals surface area contributed by atoms with Crippen molar-refractivity contribution in [3.05, 3.63) is 78.4 Å². The van der Waals surface area contributed by atoms with E-state index in [1.165, 1.54) is 0 Å². The van der Waals surface area contributed by atoms with Gasteiger partial charge in [-0.1, -0.05) is 54.6 Å². The maximum atomic E-state index is 12.2. The van der Waals surface area contributed by atoms with E-state index in [9.17, 15) is 4.79 Å². The molecule has 1 amide bonds. The molecule has 0 aromatic heterocycles. The molecule has 3 heteroatoms. The van der Waals surface area contributed by atoms with Crippen molar-refractivity contribution in [1.29, 1.82) is 0 Å². The summed E-state index contributed by atoms with van der Waals surface area (Å²) in [5, 5.41) is 5.14. The van der Waals surface area contributed by atoms with Crippen molar-refractivity contribution in [2.45, 2.75) is 6.92 Å². The van der Waals surface area contributed by atoms with Crippen molar-refractivity contribution >= 4 is 28.4 Å². The Morgan fingerprint density at radius 3 is 2.62 bits per heavy atom. The Hall–Kier alpha value is -3.07. The van der Waals surface area contributed by atoms with E-state index in [2.05, 4.69) is 23.5 Å². The van der Waals surface area contributed by atoms with Crippen LogP contribution < -0.4 is 10.1 Å². The predicted molar refractivity (Wildman–Crippen MR) is 99.2 cm³/mol. The third kappa shape index (κ3) is 3.63. The summed E-state index contributed by atoms with van der Waals surface area (Å²) < 4.78 is 5.52. The number of fused-ring (bicyclic) bond motifs is 1. The van der Waals surface area contributed by atoms with E-state index in [0.717, 1.165) is 16.3 Å². The van der Waals surface area contributed by atoms with Crippen LogP contribution in [0.15, 0.2) is 72.8 Å². The van der Waals surface area contributed by atoms with Crippen molar-refractivity contribution in [3.8, 4) is 5.75 Å². The first-order chi connectivity index (χ1) is 11.8. The average Bonchev–Trinajstić information content (AvgIpc) is 2.62. The van der Waals surface area contributed by atoms with Crippen LogP contribution in [0.5, 0.6) is 5.75 Å². The van der Waals surface area contributed by atoms with E-state index in [1.807, 2.05) is 61.5 Å². The van der Waals surface area contributed by atoms with Gasteiger partial charge in [0.25, 0.3) is 0 Å². The Balaban J connectivity index is 1.78. The molecule has 0 heterocycles. The molecule has 0 aliphatic carbocycles. The van der Waals surface area contributed by atoms with Gasteiger partial charge in [0, 0.05) is 6.08 Å². The molecule has 120 valence electrons. The van der Waals surface area contributed by atoms with Crippen molar-refractivity contribution in [1.82, 2.24) is 0 Å². The van der Waals surface area contributed by atoms with Gasteiger partial charge in [-0.05, 0) is 41.5 Å². The summed E-state index contributed by atoms with van der Waals surface area (Å²) in [5.74, 6) is 0.488. The molecule has 0 atom stereocenters. The summed E-state index contributed by atoms with van der Waals surface area (Å²) in [7, 11) is 0. The van der Waals surface area contributed by atoms with Gasteiger partial charge < -0.3 is 10.1 Å². The number of anilines is 1. The first-order valence-corrected chi connectivity index (χ1v) is 7.96. The summed E-state index contributed by atoms with van der Waals surface area (Å²) in [6, 6.07) is 21.6. The van der Waals surface area contributed by atoms with Crippen LogP contribution in [0.4, 0.5) is 5.69 Å². The monoisotopic (exact) mass is 317 g/mol. The van der Waals surface area contributed by atoms with E-state index in [1.54, 1.807) is 6.08 Å². The van der Waals surface area contributed by atoms with Crippen LogP contribution in [0.25, 0.3) is 16.8 Å². The first-order valence-electron chi connectivity index (χ1n) is 7.96. The van der Waals surface area contributed by atoms with Gasteiger partial charge >= 0.3 is 0 Å². The van der Waals surface area contributed by atoms with Gasteiger partial charge in [0.2, 0.25) is 5.91 Å². The zero-order chi connectivity index (χ0) is 16.8. The topological polar surface area (TPSA) is 38.3 Å². The van der Waals surface area contributed by atoms with Crippen molar-refractivity contribution in [3.63, 3.8) is 0 Å². The van der Waals surface area contributed by atoms with Crippen molar-refractivity contribution < 1.29 is 9.53 Å². The zero-order valence-electron chi connectivity index (χ0n) is 13.5. The van der Waals surface area contributed by atoms with E-state index in [0.29, 0.717) is 18.0 Å². The molecule has 0 bridgehead atoms. The molecule has 0 aliphatic heterocycles. The Kier molecular flexibility index (Phi) is 4.92. The number of nitrogens with one attached hydrogen (secondary N) is 1. The van der Waals surface area contributed by atoms with Gasteiger partial charge in [-0.3, -0.25) is 4.79 Å². The second-order valence-electron chi connectivity index (χ2n) is 5.32. The van der Waals surface area contributed by atoms with E-state index < -0.39 is 0 Å². The lowest BCUT2D eigenvalue weighted by Crippen LogP contribution is -2.09. The molecule has 1 N–H and O–H groups in total. The Morgan fingerprint density at radius 2 is 1.75 bits per heavy atom. The molecule has 0 spiro atoms. The minimum absolute atomic E-state index is 0.185. The molecule has 0 unspecified atom stereocenters. The molecule has 0 fully saturated rings. The van der Waals surface area contributed by atoms with Gasteiger partial charge in [0.15, 0.2) is 0 Å². The van der Waals surface area contributed by atoms with Crippen LogP contribution in [0, 0.1) is 0 Å². The van der Waals surface area contributed by atoms with Gasteiger partial charge in [-0.2, -0.15) is 0 Å². The predicted octanol–water partition coefficient (Wildman–Crippen LogP) is 4.89. The molecule has 3 aromatic rings. The number of carbonyl (C=O) groups is 1. The number of benzene rings is 3.